The molecule has 4 heteroatoms. The Bertz CT molecular complexity index is 589. The minimum atomic E-state index is 0.278. The molecule has 1 aromatic heterocycles. The molecule has 3 nitrogen and oxygen atoms in total. The lowest BCUT2D eigenvalue weighted by molar-refractivity contribution is 0.473. The quantitative estimate of drug-likeness (QED) is 0.880. The molecule has 1 aliphatic rings. The highest BCUT2D eigenvalue weighted by Gasteiger charge is 2.23. The number of aryl methyl sites for hydroxylation is 1. The predicted octanol–water partition coefficient (Wildman–Crippen LogP) is 2.89. The Hall–Kier alpha value is -1.13. The van der Waals surface area contributed by atoms with E-state index in [1.54, 1.807) is 0 Å². The number of hydrogen-bond donors (Lipinski definition) is 1. The van der Waals surface area contributed by atoms with Crippen LogP contribution in [0.5, 0.6) is 0 Å². The van der Waals surface area contributed by atoms with Crippen molar-refractivity contribution in [3.63, 3.8) is 0 Å². The second kappa shape index (κ2) is 4.52. The average Bonchev–Trinajstić information content (AvgIpc) is 2.67. The van der Waals surface area contributed by atoms with Gasteiger partial charge in [0.1, 0.15) is 5.82 Å². The Morgan fingerprint density at radius 1 is 1.39 bits per heavy atom. The topological polar surface area (TPSA) is 43.8 Å². The number of nitrogens with zero attached hydrogens (tertiary/aromatic N) is 2. The Balaban J connectivity index is 2.15. The summed E-state index contributed by atoms with van der Waals surface area (Å²) in [6.45, 7) is 3.04. The lowest BCUT2D eigenvalue weighted by atomic mass is 10.0. The Kier molecular flexibility index (Phi) is 2.99. The molecule has 2 N–H and O–H groups in total. The molecule has 0 saturated heterocycles. The molecule has 1 unspecified atom stereocenters. The molecule has 0 saturated carbocycles. The maximum Gasteiger partial charge on any atom is 0.141 e. The fourth-order valence-corrected chi connectivity index (χ4v) is 3.06. The summed E-state index contributed by atoms with van der Waals surface area (Å²) in [7, 11) is 0. The third-order valence-electron chi connectivity index (χ3n) is 3.57. The average molecular weight is 306 g/mol. The van der Waals surface area contributed by atoms with Crippen LogP contribution in [0.15, 0.2) is 28.7 Å². The zero-order valence-electron chi connectivity index (χ0n) is 10.4. The van der Waals surface area contributed by atoms with Crippen LogP contribution in [0, 0.1) is 6.92 Å². The van der Waals surface area contributed by atoms with E-state index in [2.05, 4.69) is 39.6 Å². The van der Waals surface area contributed by atoms with Gasteiger partial charge in [-0.15, -0.1) is 0 Å². The van der Waals surface area contributed by atoms with E-state index in [0.29, 0.717) is 0 Å². The molecule has 94 valence electrons. The summed E-state index contributed by atoms with van der Waals surface area (Å²) in [4.78, 5) is 4.74. The first kappa shape index (κ1) is 11.9. The highest BCUT2D eigenvalue weighted by Crippen LogP contribution is 2.31. The number of hydrogen-bond acceptors (Lipinski definition) is 2. The molecule has 0 amide bonds. The molecule has 1 aromatic carbocycles. The van der Waals surface area contributed by atoms with E-state index in [1.807, 2.05) is 12.1 Å². The third-order valence-corrected chi connectivity index (χ3v) is 4.26. The summed E-state index contributed by atoms with van der Waals surface area (Å²) in [5, 5.41) is 0. The largest absolute Gasteiger partial charge is 0.328 e. The van der Waals surface area contributed by atoms with Gasteiger partial charge in [0.05, 0.1) is 5.69 Å². The van der Waals surface area contributed by atoms with Crippen LogP contribution >= 0.6 is 15.9 Å². The minimum Gasteiger partial charge on any atom is -0.328 e. The molecule has 0 aliphatic carbocycles. The van der Waals surface area contributed by atoms with Crippen LogP contribution in [-0.4, -0.2) is 15.6 Å². The molecule has 0 fully saturated rings. The summed E-state index contributed by atoms with van der Waals surface area (Å²) in [5.41, 5.74) is 9.60. The summed E-state index contributed by atoms with van der Waals surface area (Å²) >= 11 is 3.60. The molecule has 1 atom stereocenters. The Morgan fingerprint density at radius 3 is 2.94 bits per heavy atom. The van der Waals surface area contributed by atoms with Crippen molar-refractivity contribution in [3.8, 4) is 11.4 Å². The predicted molar refractivity (Wildman–Crippen MR) is 76.4 cm³/mol. The molecule has 0 bridgehead atoms. The first-order valence-corrected chi connectivity index (χ1v) is 7.02. The van der Waals surface area contributed by atoms with Crippen molar-refractivity contribution in [2.24, 2.45) is 5.73 Å². The van der Waals surface area contributed by atoms with Gasteiger partial charge in [0.2, 0.25) is 0 Å². The molecule has 0 radical (unpaired) electrons. The van der Waals surface area contributed by atoms with Gasteiger partial charge in [-0.2, -0.15) is 0 Å². The number of nitrogens with two attached hydrogens (primary N) is 1. The molecular weight excluding hydrogens is 290 g/mol. The Labute approximate surface area is 115 Å². The fourth-order valence-electron chi connectivity index (χ4n) is 2.60. The fraction of sp³-hybridized carbons (Fsp3) is 0.357. The standard InChI is InChI=1S/C14H16BrN3/c1-9-13-8-10(16)6-7-18(13)14(17-9)11-4-2-3-5-12(11)15/h2-5,10H,6-8,16H2,1H3. The summed E-state index contributed by atoms with van der Waals surface area (Å²) in [5.74, 6) is 1.06. The monoisotopic (exact) mass is 305 g/mol. The zero-order valence-corrected chi connectivity index (χ0v) is 11.9. The molecule has 2 heterocycles. The first-order valence-electron chi connectivity index (χ1n) is 6.23. The zero-order chi connectivity index (χ0) is 12.7. The van der Waals surface area contributed by atoms with E-state index in [-0.39, 0.29) is 6.04 Å². The van der Waals surface area contributed by atoms with Gasteiger partial charge in [0.15, 0.2) is 0 Å². The third kappa shape index (κ3) is 1.89. The SMILES string of the molecule is Cc1nc(-c2ccccc2Br)n2c1CC(N)CC2. The lowest BCUT2D eigenvalue weighted by Gasteiger charge is -2.22. The number of halogens is 1. The highest BCUT2D eigenvalue weighted by atomic mass is 79.9. The van der Waals surface area contributed by atoms with Crippen molar-refractivity contribution in [1.29, 1.82) is 0 Å². The lowest BCUT2D eigenvalue weighted by Crippen LogP contribution is -2.31. The van der Waals surface area contributed by atoms with Crippen molar-refractivity contribution >= 4 is 15.9 Å². The minimum absolute atomic E-state index is 0.278. The van der Waals surface area contributed by atoms with Crippen molar-refractivity contribution in [2.45, 2.75) is 32.4 Å². The van der Waals surface area contributed by atoms with E-state index in [9.17, 15) is 0 Å². The summed E-state index contributed by atoms with van der Waals surface area (Å²) in [6, 6.07) is 8.51. The summed E-state index contributed by atoms with van der Waals surface area (Å²) < 4.78 is 3.41. The van der Waals surface area contributed by atoms with Crippen LogP contribution in [0.3, 0.4) is 0 Å². The van der Waals surface area contributed by atoms with Crippen molar-refractivity contribution < 1.29 is 0 Å². The highest BCUT2D eigenvalue weighted by molar-refractivity contribution is 9.10. The van der Waals surface area contributed by atoms with Gasteiger partial charge in [0, 0.05) is 34.7 Å². The smallest absolute Gasteiger partial charge is 0.141 e. The number of aromatic nitrogens is 2. The van der Waals surface area contributed by atoms with Crippen LogP contribution in [-0.2, 0) is 13.0 Å². The number of benzene rings is 1. The van der Waals surface area contributed by atoms with E-state index in [1.165, 1.54) is 5.69 Å². The maximum absolute atomic E-state index is 6.05. The van der Waals surface area contributed by atoms with Crippen LogP contribution < -0.4 is 5.73 Å². The van der Waals surface area contributed by atoms with Crippen LogP contribution in [0.1, 0.15) is 17.8 Å². The van der Waals surface area contributed by atoms with Gasteiger partial charge in [-0.1, -0.05) is 34.1 Å². The van der Waals surface area contributed by atoms with Crippen molar-refractivity contribution in [2.75, 3.05) is 0 Å². The van der Waals surface area contributed by atoms with E-state index >= 15 is 0 Å². The molecule has 3 rings (SSSR count). The van der Waals surface area contributed by atoms with Crippen molar-refractivity contribution in [1.82, 2.24) is 9.55 Å². The maximum atomic E-state index is 6.05. The van der Waals surface area contributed by atoms with Gasteiger partial charge in [-0.3, -0.25) is 0 Å². The van der Waals surface area contributed by atoms with Crippen molar-refractivity contribution in [3.05, 3.63) is 40.1 Å². The number of fused-ring (bicyclic) bond motifs is 1. The number of imidazole rings is 1. The first-order chi connectivity index (χ1) is 8.66. The van der Waals surface area contributed by atoms with Crippen LogP contribution in [0.25, 0.3) is 11.4 Å². The van der Waals surface area contributed by atoms with Crippen LogP contribution in [0.4, 0.5) is 0 Å². The van der Waals surface area contributed by atoms with Gasteiger partial charge < -0.3 is 10.3 Å². The van der Waals surface area contributed by atoms with Gasteiger partial charge in [0.25, 0.3) is 0 Å². The molecule has 18 heavy (non-hydrogen) atoms. The van der Waals surface area contributed by atoms with Gasteiger partial charge >= 0.3 is 0 Å². The molecule has 2 aromatic rings. The van der Waals surface area contributed by atoms with E-state index in [0.717, 1.165) is 40.9 Å². The van der Waals surface area contributed by atoms with Gasteiger partial charge in [-0.25, -0.2) is 4.98 Å². The normalized spacial score (nSPS) is 18.7. The second-order valence-corrected chi connectivity index (χ2v) is 5.71. The van der Waals surface area contributed by atoms with Gasteiger partial charge in [-0.05, 0) is 19.4 Å². The summed E-state index contributed by atoms with van der Waals surface area (Å²) in [6.07, 6.45) is 1.96. The molecule has 1 aliphatic heterocycles. The molecular formula is C14H16BrN3. The van der Waals surface area contributed by atoms with E-state index in [4.69, 9.17) is 10.7 Å². The van der Waals surface area contributed by atoms with E-state index < -0.39 is 0 Å². The Morgan fingerprint density at radius 2 is 2.17 bits per heavy atom. The molecule has 0 spiro atoms. The number of rotatable bonds is 1. The second-order valence-electron chi connectivity index (χ2n) is 4.85. The van der Waals surface area contributed by atoms with Crippen LogP contribution in [0.2, 0.25) is 0 Å².